The molecule has 0 fully saturated rings. The van der Waals surface area contributed by atoms with E-state index in [0.717, 1.165) is 0 Å². The van der Waals surface area contributed by atoms with Crippen LogP contribution in [0.15, 0.2) is 36.9 Å². The Labute approximate surface area is 105 Å². The third-order valence-corrected chi connectivity index (χ3v) is 2.69. The number of carbonyl (C=O) groups is 2. The maximum atomic E-state index is 12.8. The molecule has 96 valence electrons. The molecular weight excluding hydrogens is 235 g/mol. The van der Waals surface area contributed by atoms with Crippen molar-refractivity contribution in [2.24, 2.45) is 5.41 Å². The molecule has 0 heterocycles. The van der Waals surface area contributed by atoms with Gasteiger partial charge in [-0.05, 0) is 38.1 Å². The number of rotatable bonds is 5. The Hall–Kier alpha value is -1.97. The maximum absolute atomic E-state index is 12.8. The largest absolute Gasteiger partial charge is 0.465 e. The van der Waals surface area contributed by atoms with E-state index in [2.05, 4.69) is 6.58 Å². The van der Waals surface area contributed by atoms with Crippen molar-refractivity contribution in [2.75, 3.05) is 6.61 Å². The standard InChI is InChI=1S/C14H15FO3/c1-4-14(3,13(17)18-5-2)12(16)10-6-8-11(15)9-7-10/h4,6-9H,1,5H2,2-3H3. The summed E-state index contributed by atoms with van der Waals surface area (Å²) >= 11 is 0. The topological polar surface area (TPSA) is 43.4 Å². The van der Waals surface area contributed by atoms with Gasteiger partial charge < -0.3 is 4.74 Å². The summed E-state index contributed by atoms with van der Waals surface area (Å²) in [6.07, 6.45) is 1.25. The maximum Gasteiger partial charge on any atom is 0.323 e. The van der Waals surface area contributed by atoms with Crippen LogP contribution >= 0.6 is 0 Å². The first-order valence-electron chi connectivity index (χ1n) is 5.57. The van der Waals surface area contributed by atoms with Gasteiger partial charge in [0.15, 0.2) is 5.78 Å². The normalized spacial score (nSPS) is 13.5. The van der Waals surface area contributed by atoms with Crippen molar-refractivity contribution < 1.29 is 18.7 Å². The molecule has 0 bridgehead atoms. The number of hydrogen-bond acceptors (Lipinski definition) is 3. The first-order chi connectivity index (χ1) is 8.45. The van der Waals surface area contributed by atoms with Gasteiger partial charge >= 0.3 is 5.97 Å². The van der Waals surface area contributed by atoms with Crippen molar-refractivity contribution in [3.63, 3.8) is 0 Å². The molecule has 18 heavy (non-hydrogen) atoms. The van der Waals surface area contributed by atoms with Crippen molar-refractivity contribution in [1.82, 2.24) is 0 Å². The summed E-state index contributed by atoms with van der Waals surface area (Å²) in [5, 5.41) is 0. The van der Waals surface area contributed by atoms with Crippen LogP contribution in [-0.2, 0) is 9.53 Å². The second-order valence-corrected chi connectivity index (χ2v) is 3.96. The number of benzene rings is 1. The van der Waals surface area contributed by atoms with Crippen LogP contribution in [0.3, 0.4) is 0 Å². The molecule has 1 rings (SSSR count). The second-order valence-electron chi connectivity index (χ2n) is 3.96. The summed E-state index contributed by atoms with van der Waals surface area (Å²) in [5.74, 6) is -1.56. The molecule has 0 saturated carbocycles. The molecule has 1 aromatic carbocycles. The highest BCUT2D eigenvalue weighted by molar-refractivity contribution is 6.13. The summed E-state index contributed by atoms with van der Waals surface area (Å²) < 4.78 is 17.6. The summed E-state index contributed by atoms with van der Waals surface area (Å²) in [7, 11) is 0. The molecule has 0 aromatic heterocycles. The fourth-order valence-corrected chi connectivity index (χ4v) is 1.45. The van der Waals surface area contributed by atoms with Crippen LogP contribution in [0.5, 0.6) is 0 Å². The smallest absolute Gasteiger partial charge is 0.323 e. The van der Waals surface area contributed by atoms with E-state index in [0.29, 0.717) is 0 Å². The molecule has 4 heteroatoms. The number of carbonyl (C=O) groups excluding carboxylic acids is 2. The lowest BCUT2D eigenvalue weighted by molar-refractivity contribution is -0.149. The Morgan fingerprint density at radius 3 is 2.39 bits per heavy atom. The summed E-state index contributed by atoms with van der Waals surface area (Å²) in [5.41, 5.74) is -1.21. The Morgan fingerprint density at radius 2 is 1.94 bits per heavy atom. The molecule has 3 nitrogen and oxygen atoms in total. The number of esters is 1. The first kappa shape index (κ1) is 14.1. The van der Waals surface area contributed by atoms with Gasteiger partial charge in [-0.15, -0.1) is 6.58 Å². The van der Waals surface area contributed by atoms with E-state index in [1.54, 1.807) is 6.92 Å². The van der Waals surface area contributed by atoms with E-state index in [-0.39, 0.29) is 12.2 Å². The number of Topliss-reactive ketones (excluding diaryl/α,β-unsaturated/α-hetero) is 1. The molecule has 0 N–H and O–H groups in total. The van der Waals surface area contributed by atoms with Crippen LogP contribution in [0.1, 0.15) is 24.2 Å². The highest BCUT2D eigenvalue weighted by Crippen LogP contribution is 2.26. The molecule has 1 aromatic rings. The van der Waals surface area contributed by atoms with Crippen LogP contribution in [0, 0.1) is 11.2 Å². The van der Waals surface area contributed by atoms with Gasteiger partial charge in [0.1, 0.15) is 11.2 Å². The van der Waals surface area contributed by atoms with Crippen molar-refractivity contribution >= 4 is 11.8 Å². The van der Waals surface area contributed by atoms with E-state index in [1.165, 1.54) is 37.3 Å². The predicted molar refractivity (Wildman–Crippen MR) is 65.7 cm³/mol. The highest BCUT2D eigenvalue weighted by Gasteiger charge is 2.40. The van der Waals surface area contributed by atoms with Crippen molar-refractivity contribution in [3.8, 4) is 0 Å². The van der Waals surface area contributed by atoms with Crippen molar-refractivity contribution in [1.29, 1.82) is 0 Å². The molecule has 0 saturated heterocycles. The molecule has 0 spiro atoms. The van der Waals surface area contributed by atoms with Gasteiger partial charge in [0, 0.05) is 5.56 Å². The average Bonchev–Trinajstić information content (AvgIpc) is 2.38. The monoisotopic (exact) mass is 250 g/mol. The molecular formula is C14H15FO3. The lowest BCUT2D eigenvalue weighted by atomic mass is 9.82. The zero-order valence-corrected chi connectivity index (χ0v) is 10.4. The van der Waals surface area contributed by atoms with Crippen LogP contribution in [0.4, 0.5) is 4.39 Å². The number of ketones is 1. The minimum Gasteiger partial charge on any atom is -0.465 e. The second kappa shape index (κ2) is 5.58. The quantitative estimate of drug-likeness (QED) is 0.349. The molecule has 0 aliphatic carbocycles. The van der Waals surface area contributed by atoms with Gasteiger partial charge in [-0.3, -0.25) is 9.59 Å². The van der Waals surface area contributed by atoms with Gasteiger partial charge in [-0.25, -0.2) is 4.39 Å². The molecule has 0 aliphatic heterocycles. The van der Waals surface area contributed by atoms with Gasteiger partial charge in [0.2, 0.25) is 0 Å². The van der Waals surface area contributed by atoms with E-state index in [4.69, 9.17) is 4.74 Å². The zero-order chi connectivity index (χ0) is 13.8. The van der Waals surface area contributed by atoms with E-state index < -0.39 is 23.0 Å². The Morgan fingerprint density at radius 1 is 1.39 bits per heavy atom. The minimum absolute atomic E-state index is 0.180. The van der Waals surface area contributed by atoms with Gasteiger partial charge in [-0.1, -0.05) is 6.08 Å². The predicted octanol–water partition coefficient (Wildman–Crippen LogP) is 2.76. The Balaban J connectivity index is 3.08. The molecule has 0 aliphatic rings. The molecule has 1 unspecified atom stereocenters. The summed E-state index contributed by atoms with van der Waals surface area (Å²) in [4.78, 5) is 24.0. The van der Waals surface area contributed by atoms with Crippen molar-refractivity contribution in [3.05, 3.63) is 48.3 Å². The third-order valence-electron chi connectivity index (χ3n) is 2.69. The van der Waals surface area contributed by atoms with E-state index >= 15 is 0 Å². The fourth-order valence-electron chi connectivity index (χ4n) is 1.45. The van der Waals surface area contributed by atoms with Crippen LogP contribution in [-0.4, -0.2) is 18.4 Å². The van der Waals surface area contributed by atoms with Gasteiger partial charge in [-0.2, -0.15) is 0 Å². The number of hydrogen-bond donors (Lipinski definition) is 0. The zero-order valence-electron chi connectivity index (χ0n) is 10.4. The average molecular weight is 250 g/mol. The lowest BCUT2D eigenvalue weighted by Crippen LogP contribution is -2.36. The SMILES string of the molecule is C=CC(C)(C(=O)OCC)C(=O)c1ccc(F)cc1. The molecule has 1 atom stereocenters. The number of ether oxygens (including phenoxy) is 1. The lowest BCUT2D eigenvalue weighted by Gasteiger charge is -2.21. The third kappa shape index (κ3) is 2.64. The Bertz CT molecular complexity index is 464. The summed E-state index contributed by atoms with van der Waals surface area (Å²) in [6.45, 7) is 6.77. The first-order valence-corrected chi connectivity index (χ1v) is 5.57. The minimum atomic E-state index is -1.45. The van der Waals surface area contributed by atoms with Crippen LogP contribution < -0.4 is 0 Å². The van der Waals surface area contributed by atoms with E-state index in [1.807, 2.05) is 0 Å². The van der Waals surface area contributed by atoms with Crippen molar-refractivity contribution in [2.45, 2.75) is 13.8 Å². The Kier molecular flexibility index (Phi) is 4.37. The highest BCUT2D eigenvalue weighted by atomic mass is 19.1. The molecule has 0 radical (unpaired) electrons. The number of halogens is 1. The van der Waals surface area contributed by atoms with Crippen LogP contribution in [0.2, 0.25) is 0 Å². The van der Waals surface area contributed by atoms with E-state index in [9.17, 15) is 14.0 Å². The summed E-state index contributed by atoms with van der Waals surface area (Å²) in [6, 6.07) is 5.00. The van der Waals surface area contributed by atoms with Gasteiger partial charge in [0.05, 0.1) is 6.61 Å². The fraction of sp³-hybridized carbons (Fsp3) is 0.286. The van der Waals surface area contributed by atoms with Crippen LogP contribution in [0.25, 0.3) is 0 Å². The molecule has 0 amide bonds. The van der Waals surface area contributed by atoms with Gasteiger partial charge in [0.25, 0.3) is 0 Å².